The predicted molar refractivity (Wildman–Crippen MR) is 143 cm³/mol. The van der Waals surface area contributed by atoms with Gasteiger partial charge in [0.2, 0.25) is 0 Å². The monoisotopic (exact) mass is 442 g/mol. The summed E-state index contributed by atoms with van der Waals surface area (Å²) in [7, 11) is 0. The van der Waals surface area contributed by atoms with Gasteiger partial charge in [0.05, 0.1) is 0 Å². The SMILES string of the molecule is c1ccc(-c2c3cc4ccsc4cc3c(-c3ccccc3)c3cc4ccsc4cc23)cc1. The number of thiophene rings is 2. The van der Waals surface area contributed by atoms with Crippen LogP contribution in [0.15, 0.2) is 108 Å². The van der Waals surface area contributed by atoms with E-state index < -0.39 is 0 Å². The molecule has 32 heavy (non-hydrogen) atoms. The Hall–Kier alpha value is -3.46. The zero-order valence-electron chi connectivity index (χ0n) is 17.2. The molecule has 0 bridgehead atoms. The highest BCUT2D eigenvalue weighted by atomic mass is 32.1. The van der Waals surface area contributed by atoms with Crippen LogP contribution in [0.25, 0.3) is 64.0 Å². The highest BCUT2D eigenvalue weighted by Gasteiger charge is 2.18. The van der Waals surface area contributed by atoms with Gasteiger partial charge in [-0.05, 0) is 102 Å². The quantitative estimate of drug-likeness (QED) is 0.234. The Morgan fingerprint density at radius 2 is 0.812 bits per heavy atom. The van der Waals surface area contributed by atoms with E-state index in [0.29, 0.717) is 0 Å². The molecule has 0 spiro atoms. The van der Waals surface area contributed by atoms with Crippen LogP contribution in [0.4, 0.5) is 0 Å². The molecule has 0 unspecified atom stereocenters. The maximum atomic E-state index is 2.40. The first kappa shape index (κ1) is 18.1. The van der Waals surface area contributed by atoms with Crippen LogP contribution in [-0.2, 0) is 0 Å². The molecule has 0 aliphatic rings. The van der Waals surface area contributed by atoms with E-state index in [1.165, 1.54) is 64.0 Å². The van der Waals surface area contributed by atoms with Crippen molar-refractivity contribution in [3.63, 3.8) is 0 Å². The van der Waals surface area contributed by atoms with Gasteiger partial charge in [-0.15, -0.1) is 22.7 Å². The molecule has 2 aromatic heterocycles. The van der Waals surface area contributed by atoms with E-state index in [4.69, 9.17) is 0 Å². The molecule has 7 rings (SSSR count). The van der Waals surface area contributed by atoms with Gasteiger partial charge in [-0.2, -0.15) is 0 Å². The second-order valence-corrected chi connectivity index (χ2v) is 10.1. The molecular weight excluding hydrogens is 424 g/mol. The molecule has 0 amide bonds. The molecule has 0 N–H and O–H groups in total. The summed E-state index contributed by atoms with van der Waals surface area (Å²) in [6, 6.07) is 35.8. The Bertz CT molecular complexity index is 1530. The number of rotatable bonds is 2. The average molecular weight is 443 g/mol. The fourth-order valence-electron chi connectivity index (χ4n) is 4.97. The van der Waals surface area contributed by atoms with E-state index in [9.17, 15) is 0 Å². The van der Waals surface area contributed by atoms with Gasteiger partial charge < -0.3 is 0 Å². The Morgan fingerprint density at radius 1 is 0.406 bits per heavy atom. The maximum Gasteiger partial charge on any atom is 0.0349 e. The lowest BCUT2D eigenvalue weighted by Gasteiger charge is -2.18. The van der Waals surface area contributed by atoms with Crippen LogP contribution in [0.1, 0.15) is 0 Å². The first-order chi connectivity index (χ1) is 15.9. The minimum Gasteiger partial charge on any atom is -0.144 e. The molecule has 0 radical (unpaired) electrons. The number of hydrogen-bond donors (Lipinski definition) is 0. The summed E-state index contributed by atoms with van der Waals surface area (Å²) in [5.74, 6) is 0. The van der Waals surface area contributed by atoms with Gasteiger partial charge in [0, 0.05) is 9.40 Å². The summed E-state index contributed by atoms with van der Waals surface area (Å²) < 4.78 is 2.68. The summed E-state index contributed by atoms with van der Waals surface area (Å²) in [5.41, 5.74) is 5.21. The van der Waals surface area contributed by atoms with E-state index in [2.05, 4.69) is 108 Å². The van der Waals surface area contributed by atoms with E-state index in [1.54, 1.807) is 0 Å². The molecule has 0 fully saturated rings. The van der Waals surface area contributed by atoms with E-state index in [1.807, 2.05) is 22.7 Å². The standard InChI is InChI=1S/C30H18S2/c1-3-7-19(8-4-1)29-23-15-21-11-13-32-28(21)18-26(23)30(20-9-5-2-6-10-20)24-16-22-12-14-31-27(22)17-25(24)29/h1-18H. The second-order valence-electron chi connectivity index (χ2n) is 8.19. The minimum atomic E-state index is 1.27. The fourth-order valence-corrected chi connectivity index (χ4v) is 6.59. The van der Waals surface area contributed by atoms with Crippen LogP contribution < -0.4 is 0 Å². The van der Waals surface area contributed by atoms with Crippen molar-refractivity contribution in [1.29, 1.82) is 0 Å². The topological polar surface area (TPSA) is 0 Å². The second kappa shape index (κ2) is 7.03. The molecule has 150 valence electrons. The summed E-state index contributed by atoms with van der Waals surface area (Å²) in [4.78, 5) is 0. The van der Waals surface area contributed by atoms with Crippen molar-refractivity contribution >= 4 is 64.4 Å². The Kier molecular flexibility index (Phi) is 3.98. The predicted octanol–water partition coefficient (Wildman–Crippen LogP) is 9.76. The highest BCUT2D eigenvalue weighted by Crippen LogP contribution is 2.46. The van der Waals surface area contributed by atoms with Gasteiger partial charge in [0.25, 0.3) is 0 Å². The zero-order valence-corrected chi connectivity index (χ0v) is 18.8. The third kappa shape index (κ3) is 2.67. The van der Waals surface area contributed by atoms with Gasteiger partial charge in [0.15, 0.2) is 0 Å². The lowest BCUT2D eigenvalue weighted by molar-refractivity contribution is 1.67. The van der Waals surface area contributed by atoms with E-state index >= 15 is 0 Å². The van der Waals surface area contributed by atoms with Gasteiger partial charge in [0.1, 0.15) is 0 Å². The molecule has 0 aliphatic heterocycles. The van der Waals surface area contributed by atoms with E-state index in [0.717, 1.165) is 0 Å². The molecular formula is C30H18S2. The van der Waals surface area contributed by atoms with Gasteiger partial charge >= 0.3 is 0 Å². The van der Waals surface area contributed by atoms with Crippen molar-refractivity contribution in [3.8, 4) is 22.3 Å². The first-order valence-electron chi connectivity index (χ1n) is 10.8. The van der Waals surface area contributed by atoms with Crippen molar-refractivity contribution < 1.29 is 0 Å². The molecule has 2 heteroatoms. The van der Waals surface area contributed by atoms with Crippen molar-refractivity contribution in [2.45, 2.75) is 0 Å². The number of fused-ring (bicyclic) bond motifs is 4. The largest absolute Gasteiger partial charge is 0.144 e. The normalized spacial score (nSPS) is 11.8. The Morgan fingerprint density at radius 3 is 1.25 bits per heavy atom. The lowest BCUT2D eigenvalue weighted by atomic mass is 9.85. The summed E-state index contributed by atoms with van der Waals surface area (Å²) in [6.45, 7) is 0. The van der Waals surface area contributed by atoms with Crippen LogP contribution in [0.2, 0.25) is 0 Å². The molecule has 7 aromatic rings. The van der Waals surface area contributed by atoms with Crippen molar-refractivity contribution in [3.05, 3.63) is 108 Å². The summed E-state index contributed by atoms with van der Waals surface area (Å²) in [6.07, 6.45) is 0. The van der Waals surface area contributed by atoms with Crippen molar-refractivity contribution in [2.75, 3.05) is 0 Å². The highest BCUT2D eigenvalue weighted by molar-refractivity contribution is 7.17. The third-order valence-corrected chi connectivity index (χ3v) is 8.15. The number of benzene rings is 5. The van der Waals surface area contributed by atoms with Crippen LogP contribution in [0, 0.1) is 0 Å². The van der Waals surface area contributed by atoms with Crippen LogP contribution in [-0.4, -0.2) is 0 Å². The molecule has 0 saturated heterocycles. The van der Waals surface area contributed by atoms with Crippen molar-refractivity contribution in [2.24, 2.45) is 0 Å². The van der Waals surface area contributed by atoms with E-state index in [-0.39, 0.29) is 0 Å². The Balaban J connectivity index is 1.79. The van der Waals surface area contributed by atoms with Gasteiger partial charge in [-0.3, -0.25) is 0 Å². The molecule has 0 saturated carbocycles. The molecule has 0 atom stereocenters. The third-order valence-electron chi connectivity index (χ3n) is 6.39. The summed E-state index contributed by atoms with van der Waals surface area (Å²) >= 11 is 3.64. The van der Waals surface area contributed by atoms with Crippen LogP contribution in [0.5, 0.6) is 0 Å². The zero-order chi connectivity index (χ0) is 21.1. The molecule has 0 aliphatic carbocycles. The van der Waals surface area contributed by atoms with Crippen LogP contribution >= 0.6 is 22.7 Å². The minimum absolute atomic E-state index is 1.27. The molecule has 5 aromatic carbocycles. The molecule has 0 nitrogen and oxygen atoms in total. The summed E-state index contributed by atoms with van der Waals surface area (Å²) in [5, 5.41) is 12.3. The fraction of sp³-hybridized carbons (Fsp3) is 0. The van der Waals surface area contributed by atoms with Gasteiger partial charge in [-0.25, -0.2) is 0 Å². The van der Waals surface area contributed by atoms with Gasteiger partial charge in [-0.1, -0.05) is 60.7 Å². The van der Waals surface area contributed by atoms with Crippen molar-refractivity contribution in [1.82, 2.24) is 0 Å². The Labute approximate surface area is 194 Å². The number of hydrogen-bond acceptors (Lipinski definition) is 2. The smallest absolute Gasteiger partial charge is 0.0349 e. The maximum absolute atomic E-state index is 2.40. The molecule has 2 heterocycles. The average Bonchev–Trinajstić information content (AvgIpc) is 3.49. The first-order valence-corrected chi connectivity index (χ1v) is 12.5. The van der Waals surface area contributed by atoms with Crippen LogP contribution in [0.3, 0.4) is 0 Å². The lowest BCUT2D eigenvalue weighted by Crippen LogP contribution is -1.91.